The number of hydrogen-bond donors (Lipinski definition) is 2. The lowest BCUT2D eigenvalue weighted by Crippen LogP contribution is -2.32. The molecule has 0 saturated heterocycles. The third kappa shape index (κ3) is 5.41. The van der Waals surface area contributed by atoms with Crippen molar-refractivity contribution < 1.29 is 14.3 Å². The van der Waals surface area contributed by atoms with Crippen LogP contribution in [-0.2, 0) is 0 Å². The lowest BCUT2D eigenvalue weighted by atomic mass is 9.97. The number of amides is 1. The van der Waals surface area contributed by atoms with E-state index in [1.165, 1.54) is 12.1 Å². The number of benzene rings is 1. The summed E-state index contributed by atoms with van der Waals surface area (Å²) in [6, 6.07) is 4.21. The third-order valence-corrected chi connectivity index (χ3v) is 2.47. The summed E-state index contributed by atoms with van der Waals surface area (Å²) in [5.74, 6) is 4.44. The van der Waals surface area contributed by atoms with Crippen molar-refractivity contribution in [1.82, 2.24) is 5.32 Å². The molecule has 0 bridgehead atoms. The van der Waals surface area contributed by atoms with Gasteiger partial charge in [0.1, 0.15) is 5.82 Å². The van der Waals surface area contributed by atoms with Gasteiger partial charge in [0.05, 0.1) is 12.2 Å². The average molecular weight is 277 g/mol. The van der Waals surface area contributed by atoms with E-state index in [4.69, 9.17) is 5.11 Å². The number of rotatable bonds is 3. The van der Waals surface area contributed by atoms with Crippen molar-refractivity contribution in [2.24, 2.45) is 5.41 Å². The minimum absolute atomic E-state index is 0.0239. The first-order valence-corrected chi connectivity index (χ1v) is 6.51. The molecule has 0 atom stereocenters. The summed E-state index contributed by atoms with van der Waals surface area (Å²) in [7, 11) is 0. The molecule has 3 nitrogen and oxygen atoms in total. The third-order valence-electron chi connectivity index (χ3n) is 2.47. The molecule has 1 rings (SSSR count). The van der Waals surface area contributed by atoms with Crippen LogP contribution in [-0.4, -0.2) is 24.2 Å². The van der Waals surface area contributed by atoms with Gasteiger partial charge in [-0.2, -0.15) is 0 Å². The lowest BCUT2D eigenvalue weighted by molar-refractivity contribution is 0.0939. The highest BCUT2D eigenvalue weighted by Crippen LogP contribution is 2.12. The molecular weight excluding hydrogens is 257 g/mol. The molecular formula is C16H20FNO2. The Balaban J connectivity index is 2.77. The molecule has 108 valence electrons. The Morgan fingerprint density at radius 1 is 1.40 bits per heavy atom. The van der Waals surface area contributed by atoms with E-state index in [9.17, 15) is 9.18 Å². The zero-order valence-electron chi connectivity index (χ0n) is 12.1. The van der Waals surface area contributed by atoms with Crippen LogP contribution in [0.5, 0.6) is 0 Å². The standard InChI is InChI=1S/C16H20FNO2/c1-16(2,3)11-18-15(20)13-8-7-12(14(17)10-13)6-4-5-9-19/h7-8,10,19H,5,9,11H2,1-3H3,(H,18,20). The summed E-state index contributed by atoms with van der Waals surface area (Å²) in [5, 5.41) is 11.4. The SMILES string of the molecule is CC(C)(C)CNC(=O)c1ccc(C#CCCO)c(F)c1. The molecule has 4 heteroatoms. The van der Waals surface area contributed by atoms with Crippen LogP contribution in [0.15, 0.2) is 18.2 Å². The number of aliphatic hydroxyl groups is 1. The normalized spacial score (nSPS) is 10.7. The maximum Gasteiger partial charge on any atom is 0.251 e. The van der Waals surface area contributed by atoms with Crippen LogP contribution < -0.4 is 5.32 Å². The van der Waals surface area contributed by atoms with Gasteiger partial charge < -0.3 is 10.4 Å². The minimum Gasteiger partial charge on any atom is -0.395 e. The van der Waals surface area contributed by atoms with E-state index in [1.807, 2.05) is 20.8 Å². The van der Waals surface area contributed by atoms with Gasteiger partial charge in [-0.25, -0.2) is 4.39 Å². The highest BCUT2D eigenvalue weighted by atomic mass is 19.1. The van der Waals surface area contributed by atoms with Crippen LogP contribution in [0.3, 0.4) is 0 Å². The van der Waals surface area contributed by atoms with Crippen molar-refractivity contribution in [2.75, 3.05) is 13.2 Å². The van der Waals surface area contributed by atoms with Crippen LogP contribution in [0.4, 0.5) is 4.39 Å². The van der Waals surface area contributed by atoms with E-state index < -0.39 is 5.82 Å². The maximum absolute atomic E-state index is 13.8. The quantitative estimate of drug-likeness (QED) is 0.833. The molecule has 2 N–H and O–H groups in total. The number of carbonyl (C=O) groups excluding carboxylic acids is 1. The van der Waals surface area contributed by atoms with Crippen molar-refractivity contribution in [3.63, 3.8) is 0 Å². The fourth-order valence-corrected chi connectivity index (χ4v) is 1.42. The fraction of sp³-hybridized carbons (Fsp3) is 0.438. The largest absolute Gasteiger partial charge is 0.395 e. The van der Waals surface area contributed by atoms with E-state index in [0.29, 0.717) is 13.0 Å². The minimum atomic E-state index is -0.529. The molecule has 1 aromatic rings. The zero-order chi connectivity index (χ0) is 15.2. The summed E-state index contributed by atoms with van der Waals surface area (Å²) >= 11 is 0. The van der Waals surface area contributed by atoms with Gasteiger partial charge in [-0.3, -0.25) is 4.79 Å². The molecule has 20 heavy (non-hydrogen) atoms. The summed E-state index contributed by atoms with van der Waals surface area (Å²) in [5.41, 5.74) is 0.481. The first-order valence-electron chi connectivity index (χ1n) is 6.51. The molecule has 0 aliphatic heterocycles. The second-order valence-electron chi connectivity index (χ2n) is 5.71. The monoisotopic (exact) mass is 277 g/mol. The maximum atomic E-state index is 13.8. The lowest BCUT2D eigenvalue weighted by Gasteiger charge is -2.18. The number of halogens is 1. The van der Waals surface area contributed by atoms with Gasteiger partial charge in [0.2, 0.25) is 0 Å². The van der Waals surface area contributed by atoms with Crippen LogP contribution >= 0.6 is 0 Å². The zero-order valence-corrected chi connectivity index (χ0v) is 12.1. The van der Waals surface area contributed by atoms with Crippen molar-refractivity contribution in [1.29, 1.82) is 0 Å². The van der Waals surface area contributed by atoms with Crippen molar-refractivity contribution in [2.45, 2.75) is 27.2 Å². The van der Waals surface area contributed by atoms with Gasteiger partial charge in [-0.15, -0.1) is 0 Å². The first-order chi connectivity index (χ1) is 9.33. The van der Waals surface area contributed by atoms with Crippen molar-refractivity contribution >= 4 is 5.91 Å². The van der Waals surface area contributed by atoms with Gasteiger partial charge in [-0.05, 0) is 23.6 Å². The van der Waals surface area contributed by atoms with E-state index in [0.717, 1.165) is 0 Å². The molecule has 0 aromatic heterocycles. The molecule has 0 spiro atoms. The van der Waals surface area contributed by atoms with E-state index >= 15 is 0 Å². The molecule has 0 unspecified atom stereocenters. The van der Waals surface area contributed by atoms with E-state index in [-0.39, 0.29) is 29.1 Å². The molecule has 1 aromatic carbocycles. The number of hydrogen-bond acceptors (Lipinski definition) is 2. The Labute approximate surface area is 119 Å². The highest BCUT2D eigenvalue weighted by molar-refractivity contribution is 5.94. The Morgan fingerprint density at radius 2 is 2.10 bits per heavy atom. The molecule has 0 aliphatic carbocycles. The van der Waals surface area contributed by atoms with E-state index in [1.54, 1.807) is 6.07 Å². The molecule has 0 heterocycles. The average Bonchev–Trinajstić information content (AvgIpc) is 2.37. The summed E-state index contributed by atoms with van der Waals surface area (Å²) < 4.78 is 13.8. The van der Waals surface area contributed by atoms with Crippen molar-refractivity contribution in [3.8, 4) is 11.8 Å². The van der Waals surface area contributed by atoms with Crippen LogP contribution in [0.25, 0.3) is 0 Å². The fourth-order valence-electron chi connectivity index (χ4n) is 1.42. The van der Waals surface area contributed by atoms with Crippen LogP contribution in [0, 0.1) is 23.1 Å². The van der Waals surface area contributed by atoms with Gasteiger partial charge in [-0.1, -0.05) is 32.6 Å². The number of aliphatic hydroxyl groups excluding tert-OH is 1. The van der Waals surface area contributed by atoms with Crippen LogP contribution in [0.1, 0.15) is 43.1 Å². The van der Waals surface area contributed by atoms with Gasteiger partial charge in [0, 0.05) is 18.5 Å². The second-order valence-corrected chi connectivity index (χ2v) is 5.71. The second kappa shape index (κ2) is 7.06. The molecule has 0 saturated carbocycles. The Bertz CT molecular complexity index is 536. The van der Waals surface area contributed by atoms with Crippen molar-refractivity contribution in [3.05, 3.63) is 35.1 Å². The van der Waals surface area contributed by atoms with Crippen LogP contribution in [0.2, 0.25) is 0 Å². The molecule has 1 amide bonds. The molecule has 0 aliphatic rings. The van der Waals surface area contributed by atoms with E-state index in [2.05, 4.69) is 17.2 Å². The Kier molecular flexibility index (Phi) is 5.72. The highest BCUT2D eigenvalue weighted by Gasteiger charge is 2.14. The summed E-state index contributed by atoms with van der Waals surface area (Å²) in [4.78, 5) is 11.9. The first kappa shape index (κ1) is 16.2. The Morgan fingerprint density at radius 3 is 2.65 bits per heavy atom. The van der Waals surface area contributed by atoms with Gasteiger partial charge >= 0.3 is 0 Å². The summed E-state index contributed by atoms with van der Waals surface area (Å²) in [6.45, 7) is 6.49. The van der Waals surface area contributed by atoms with Gasteiger partial charge in [0.15, 0.2) is 0 Å². The Hall–Kier alpha value is -1.86. The molecule has 0 radical (unpaired) electrons. The predicted octanol–water partition coefficient (Wildman–Crippen LogP) is 2.34. The van der Waals surface area contributed by atoms with Gasteiger partial charge in [0.25, 0.3) is 5.91 Å². The number of nitrogens with one attached hydrogen (secondary N) is 1. The topological polar surface area (TPSA) is 49.3 Å². The predicted molar refractivity (Wildman–Crippen MR) is 76.8 cm³/mol. The molecule has 0 fully saturated rings. The smallest absolute Gasteiger partial charge is 0.251 e. The summed E-state index contributed by atoms with van der Waals surface area (Å²) in [6.07, 6.45) is 0.299. The number of carbonyl (C=O) groups is 1.